The van der Waals surface area contributed by atoms with Crippen LogP contribution in [0.25, 0.3) is 0 Å². The molecule has 0 radical (unpaired) electrons. The topological polar surface area (TPSA) is 113 Å². The molecule has 0 amide bonds. The molecule has 0 unspecified atom stereocenters. The maximum Gasteiger partial charge on any atom is 0.0985 e. The maximum atomic E-state index is 9.20. The van der Waals surface area contributed by atoms with E-state index in [4.69, 9.17) is 11.5 Å². The second kappa shape index (κ2) is 4.82. The summed E-state index contributed by atoms with van der Waals surface area (Å²) in [6.07, 6.45) is 3.21. The predicted octanol–water partition coefficient (Wildman–Crippen LogP) is 1.30. The van der Waals surface area contributed by atoms with E-state index >= 15 is 0 Å². The number of nitrogens with zero attached hydrogens (tertiary/aromatic N) is 3. The van der Waals surface area contributed by atoms with Gasteiger partial charge in [-0.15, -0.1) is 0 Å². The van der Waals surface area contributed by atoms with Crippen LogP contribution in [0.3, 0.4) is 0 Å². The summed E-state index contributed by atoms with van der Waals surface area (Å²) in [7, 11) is 0. The first-order valence-corrected chi connectivity index (χ1v) is 5.88. The molecule has 0 saturated carbocycles. The summed E-state index contributed by atoms with van der Waals surface area (Å²) in [5.74, 6) is -0.496. The van der Waals surface area contributed by atoms with Crippen LogP contribution in [0.4, 0.5) is 0 Å². The first-order chi connectivity index (χ1) is 8.69. The van der Waals surface area contributed by atoms with Gasteiger partial charge in [-0.1, -0.05) is 11.8 Å². The van der Waals surface area contributed by atoms with Gasteiger partial charge in [0.25, 0.3) is 0 Å². The highest BCUT2D eigenvalue weighted by Gasteiger charge is 2.30. The lowest BCUT2D eigenvalue weighted by molar-refractivity contribution is 0.952. The lowest BCUT2D eigenvalue weighted by atomic mass is 9.86. The average molecular weight is 255 g/mol. The van der Waals surface area contributed by atoms with Gasteiger partial charge in [0.15, 0.2) is 0 Å². The molecule has 0 atom stereocenters. The molecule has 0 aliphatic carbocycles. The van der Waals surface area contributed by atoms with E-state index in [9.17, 15) is 10.5 Å². The number of allylic oxidation sites excluding steroid dienone is 2. The summed E-state index contributed by atoms with van der Waals surface area (Å²) in [4.78, 5) is 3.91. The lowest BCUT2D eigenvalue weighted by Gasteiger charge is -2.23. The van der Waals surface area contributed by atoms with Gasteiger partial charge in [-0.2, -0.15) is 10.5 Å². The standard InChI is InChI=1S/C12H9N5S/c13-5-8-10(7-1-3-17-4-2-7)9(6-14)12(16)18-11(8)15/h1-4,10H,15-16H2. The smallest absolute Gasteiger partial charge is 0.0985 e. The molecule has 0 fully saturated rings. The summed E-state index contributed by atoms with van der Waals surface area (Å²) < 4.78 is 0. The number of aromatic nitrogens is 1. The van der Waals surface area contributed by atoms with E-state index in [1.165, 1.54) is 0 Å². The van der Waals surface area contributed by atoms with E-state index in [0.717, 1.165) is 17.3 Å². The van der Waals surface area contributed by atoms with Crippen LogP contribution in [-0.2, 0) is 0 Å². The number of rotatable bonds is 1. The molecule has 0 bridgehead atoms. The van der Waals surface area contributed by atoms with E-state index in [0.29, 0.717) is 21.2 Å². The van der Waals surface area contributed by atoms with Crippen molar-refractivity contribution >= 4 is 11.8 Å². The molecule has 2 rings (SSSR count). The number of nitrogens with two attached hydrogens (primary N) is 2. The Morgan fingerprint density at radius 1 is 1.06 bits per heavy atom. The predicted molar refractivity (Wildman–Crippen MR) is 68.2 cm³/mol. The van der Waals surface area contributed by atoms with Crippen LogP contribution in [0.1, 0.15) is 11.5 Å². The van der Waals surface area contributed by atoms with Crippen molar-refractivity contribution in [3.63, 3.8) is 0 Å². The highest BCUT2D eigenvalue weighted by atomic mass is 32.2. The van der Waals surface area contributed by atoms with Crippen molar-refractivity contribution in [3.05, 3.63) is 51.3 Å². The minimum Gasteiger partial charge on any atom is -0.392 e. The van der Waals surface area contributed by atoms with Crippen LogP contribution in [0.5, 0.6) is 0 Å². The molecule has 1 aliphatic rings. The van der Waals surface area contributed by atoms with Gasteiger partial charge >= 0.3 is 0 Å². The fourth-order valence-corrected chi connectivity index (χ4v) is 2.57. The molecule has 1 aliphatic heterocycles. The Kier molecular flexibility index (Phi) is 3.22. The second-order valence-electron chi connectivity index (χ2n) is 3.60. The zero-order valence-corrected chi connectivity index (χ0v) is 10.1. The van der Waals surface area contributed by atoms with Gasteiger partial charge in [0.05, 0.1) is 39.3 Å². The molecule has 0 saturated heterocycles. The van der Waals surface area contributed by atoms with Crippen LogP contribution in [0.2, 0.25) is 0 Å². The number of nitriles is 2. The van der Waals surface area contributed by atoms with Crippen molar-refractivity contribution in [1.82, 2.24) is 4.98 Å². The van der Waals surface area contributed by atoms with Crippen molar-refractivity contribution in [2.75, 3.05) is 0 Å². The van der Waals surface area contributed by atoms with Crippen molar-refractivity contribution in [2.24, 2.45) is 11.5 Å². The molecular formula is C12H9N5S. The Balaban J connectivity index is 2.62. The van der Waals surface area contributed by atoms with Gasteiger partial charge in [0.1, 0.15) is 0 Å². The Hall–Kier alpha value is -2.44. The zero-order valence-electron chi connectivity index (χ0n) is 9.29. The third-order valence-corrected chi connectivity index (χ3v) is 3.49. The summed E-state index contributed by atoms with van der Waals surface area (Å²) in [5, 5.41) is 19.1. The van der Waals surface area contributed by atoms with Crippen molar-refractivity contribution in [2.45, 2.75) is 5.92 Å². The fourth-order valence-electron chi connectivity index (χ4n) is 1.79. The minimum atomic E-state index is -0.496. The molecule has 0 aromatic carbocycles. The van der Waals surface area contributed by atoms with Crippen molar-refractivity contribution < 1.29 is 0 Å². The number of hydrogen-bond donors (Lipinski definition) is 2. The summed E-state index contributed by atoms with van der Waals surface area (Å²) in [5.41, 5.74) is 13.1. The number of thioether (sulfide) groups is 1. The number of hydrogen-bond acceptors (Lipinski definition) is 6. The largest absolute Gasteiger partial charge is 0.392 e. The molecule has 18 heavy (non-hydrogen) atoms. The minimum absolute atomic E-state index is 0.343. The molecule has 6 heteroatoms. The third-order valence-electron chi connectivity index (χ3n) is 2.61. The maximum absolute atomic E-state index is 9.20. The molecular weight excluding hydrogens is 246 g/mol. The Morgan fingerprint density at radius 3 is 2.00 bits per heavy atom. The summed E-state index contributed by atoms with van der Waals surface area (Å²) in [6, 6.07) is 7.61. The van der Waals surface area contributed by atoms with Crippen LogP contribution in [0, 0.1) is 22.7 Å². The number of pyridine rings is 1. The van der Waals surface area contributed by atoms with E-state index in [1.54, 1.807) is 24.5 Å². The lowest BCUT2D eigenvalue weighted by Crippen LogP contribution is -2.18. The average Bonchev–Trinajstić information content (AvgIpc) is 2.39. The first-order valence-electron chi connectivity index (χ1n) is 5.06. The van der Waals surface area contributed by atoms with Crippen LogP contribution < -0.4 is 11.5 Å². The van der Waals surface area contributed by atoms with E-state index in [2.05, 4.69) is 17.1 Å². The normalized spacial score (nSPS) is 16.3. The van der Waals surface area contributed by atoms with Crippen molar-refractivity contribution in [3.8, 4) is 12.1 Å². The Morgan fingerprint density at radius 2 is 1.56 bits per heavy atom. The van der Waals surface area contributed by atoms with Crippen LogP contribution >= 0.6 is 11.8 Å². The molecule has 88 valence electrons. The molecule has 1 aromatic heterocycles. The molecule has 1 aromatic rings. The van der Waals surface area contributed by atoms with Gasteiger partial charge in [0, 0.05) is 12.4 Å². The Labute approximate surface area is 108 Å². The zero-order chi connectivity index (χ0) is 13.1. The van der Waals surface area contributed by atoms with E-state index in [-0.39, 0.29) is 0 Å². The van der Waals surface area contributed by atoms with Crippen LogP contribution in [0.15, 0.2) is 45.7 Å². The Bertz CT molecular complexity index is 582. The van der Waals surface area contributed by atoms with E-state index < -0.39 is 5.92 Å². The summed E-state index contributed by atoms with van der Waals surface area (Å²) >= 11 is 1.06. The van der Waals surface area contributed by atoms with Gasteiger partial charge in [-0.05, 0) is 17.7 Å². The quantitative estimate of drug-likeness (QED) is 0.782. The first kappa shape index (κ1) is 12.0. The molecule has 0 spiro atoms. The third kappa shape index (κ3) is 1.90. The summed E-state index contributed by atoms with van der Waals surface area (Å²) in [6.45, 7) is 0. The molecule has 4 N–H and O–H groups in total. The van der Waals surface area contributed by atoms with Gasteiger partial charge in [-0.25, -0.2) is 0 Å². The van der Waals surface area contributed by atoms with Gasteiger partial charge in [-0.3, -0.25) is 4.98 Å². The second-order valence-corrected chi connectivity index (χ2v) is 4.68. The van der Waals surface area contributed by atoms with Crippen molar-refractivity contribution in [1.29, 1.82) is 10.5 Å². The SMILES string of the molecule is N#CC1=C(N)SC(N)=C(C#N)C1c1ccncc1. The highest BCUT2D eigenvalue weighted by Crippen LogP contribution is 2.42. The van der Waals surface area contributed by atoms with Gasteiger partial charge in [0.2, 0.25) is 0 Å². The highest BCUT2D eigenvalue weighted by molar-refractivity contribution is 8.06. The van der Waals surface area contributed by atoms with Crippen LogP contribution in [-0.4, -0.2) is 4.98 Å². The monoisotopic (exact) mass is 255 g/mol. The molecule has 5 nitrogen and oxygen atoms in total. The van der Waals surface area contributed by atoms with E-state index in [1.807, 2.05) is 0 Å². The fraction of sp³-hybridized carbons (Fsp3) is 0.0833. The van der Waals surface area contributed by atoms with Gasteiger partial charge < -0.3 is 11.5 Å². The molecule has 2 heterocycles.